The van der Waals surface area contributed by atoms with Gasteiger partial charge in [0.15, 0.2) is 0 Å². The van der Waals surface area contributed by atoms with Gasteiger partial charge in [0.2, 0.25) is 5.78 Å². The second-order valence-corrected chi connectivity index (χ2v) is 8.91. The highest BCUT2D eigenvalue weighted by molar-refractivity contribution is 7.85. The highest BCUT2D eigenvalue weighted by Crippen LogP contribution is 2.19. The first-order chi connectivity index (χ1) is 13.2. The van der Waals surface area contributed by atoms with Crippen LogP contribution < -0.4 is 0 Å². The molecule has 0 saturated carbocycles. The Balaban J connectivity index is 2.63. The predicted octanol–water partition coefficient (Wildman–Crippen LogP) is 1.33. The lowest BCUT2D eigenvalue weighted by molar-refractivity contribution is -0.837. The van der Waals surface area contributed by atoms with E-state index in [9.17, 15) is 23.4 Å². The van der Waals surface area contributed by atoms with Gasteiger partial charge < -0.3 is 10.2 Å². The number of carbonyl (C=O) groups excluding carboxylic acids is 1. The van der Waals surface area contributed by atoms with Crippen molar-refractivity contribution in [2.45, 2.75) is 58.0 Å². The van der Waals surface area contributed by atoms with E-state index in [0.29, 0.717) is 13.1 Å². The number of quaternary nitrogens is 1. The van der Waals surface area contributed by atoms with Crippen molar-refractivity contribution in [3.05, 3.63) is 12.2 Å². The van der Waals surface area contributed by atoms with Gasteiger partial charge in [0.1, 0.15) is 31.5 Å². The number of aliphatic hydroxyl groups excluding tert-OH is 2. The van der Waals surface area contributed by atoms with E-state index < -0.39 is 22.0 Å². The van der Waals surface area contributed by atoms with Crippen molar-refractivity contribution in [2.75, 3.05) is 38.5 Å². The maximum Gasteiger partial charge on any atom is 0.267 e. The second kappa shape index (κ2) is 12.4. The molecule has 0 spiro atoms. The first-order valence-electron chi connectivity index (χ1n) is 10.1. The van der Waals surface area contributed by atoms with Crippen LogP contribution in [0.15, 0.2) is 17.1 Å². The van der Waals surface area contributed by atoms with Gasteiger partial charge in [-0.05, 0) is 12.8 Å². The maximum atomic E-state index is 12.6. The summed E-state index contributed by atoms with van der Waals surface area (Å²) < 4.78 is 30.9. The normalized spacial score (nSPS) is 21.2. The molecule has 0 amide bonds. The van der Waals surface area contributed by atoms with Gasteiger partial charge in [0, 0.05) is 6.42 Å². The molecule has 2 atom stereocenters. The second-order valence-electron chi connectivity index (χ2n) is 7.41. The van der Waals surface area contributed by atoms with E-state index in [1.165, 1.54) is 25.7 Å². The van der Waals surface area contributed by atoms with E-state index in [4.69, 9.17) is 4.55 Å². The van der Waals surface area contributed by atoms with Crippen LogP contribution in [0.1, 0.15) is 51.9 Å². The monoisotopic (exact) mass is 419 g/mol. The predicted molar refractivity (Wildman–Crippen MR) is 109 cm³/mol. The quantitative estimate of drug-likeness (QED) is 0.159. The zero-order valence-electron chi connectivity index (χ0n) is 16.8. The summed E-state index contributed by atoms with van der Waals surface area (Å²) in [5, 5.41) is 19.5. The molecule has 0 aromatic rings. The summed E-state index contributed by atoms with van der Waals surface area (Å²) in [4.78, 5) is 16.9. The SMILES string of the molecule is CCCCCCC/C=C/CC(=O)C1=NCC[N+]1(CCO)CC(O)CS(=O)(=O)O. The standard InChI is InChI=1S/C19H34N2O6S/c1-2-3-4-5-6-7-8-9-10-18(24)19-20-11-12-21(19,13-14-22)15-17(23)16-28(25,26)27/h8-9,17,22-23H,2-7,10-16H2,1H3/p+1/b9-8+. The third-order valence-electron chi connectivity index (χ3n) is 4.92. The van der Waals surface area contributed by atoms with Crippen LogP contribution in [-0.4, -0.2) is 83.9 Å². The molecule has 1 aliphatic rings. The van der Waals surface area contributed by atoms with Crippen molar-refractivity contribution in [3.63, 3.8) is 0 Å². The molecule has 1 rings (SSSR count). The summed E-state index contributed by atoms with van der Waals surface area (Å²) in [6, 6.07) is 0. The molecule has 9 heteroatoms. The molecule has 1 heterocycles. The van der Waals surface area contributed by atoms with Crippen molar-refractivity contribution >= 4 is 21.7 Å². The first-order valence-corrected chi connectivity index (χ1v) is 11.7. The fourth-order valence-electron chi connectivity index (χ4n) is 3.60. The van der Waals surface area contributed by atoms with Gasteiger partial charge >= 0.3 is 0 Å². The molecule has 0 aromatic heterocycles. The van der Waals surface area contributed by atoms with E-state index in [0.717, 1.165) is 12.8 Å². The summed E-state index contributed by atoms with van der Waals surface area (Å²) in [5.74, 6) is -0.735. The minimum absolute atomic E-state index is 0.0587. The topological polar surface area (TPSA) is 124 Å². The lowest BCUT2D eigenvalue weighted by Gasteiger charge is -2.34. The molecule has 0 bridgehead atoms. The van der Waals surface area contributed by atoms with Crippen LogP contribution >= 0.6 is 0 Å². The van der Waals surface area contributed by atoms with E-state index in [-0.39, 0.29) is 42.2 Å². The number of hydrogen-bond donors (Lipinski definition) is 3. The molecule has 28 heavy (non-hydrogen) atoms. The Morgan fingerprint density at radius 3 is 2.61 bits per heavy atom. The minimum atomic E-state index is -4.33. The average molecular weight is 420 g/mol. The maximum absolute atomic E-state index is 12.6. The number of unbranched alkanes of at least 4 members (excludes halogenated alkanes) is 5. The molecule has 0 saturated heterocycles. The number of rotatable bonds is 15. The Morgan fingerprint density at radius 1 is 1.25 bits per heavy atom. The van der Waals surface area contributed by atoms with Crippen molar-refractivity contribution in [1.29, 1.82) is 0 Å². The molecule has 0 fully saturated rings. The number of allylic oxidation sites excluding steroid dienone is 2. The van der Waals surface area contributed by atoms with Crippen LogP contribution in [0.25, 0.3) is 0 Å². The number of amidine groups is 1. The number of aliphatic hydroxyl groups is 2. The van der Waals surface area contributed by atoms with Crippen LogP contribution in [0.3, 0.4) is 0 Å². The molecule has 3 N–H and O–H groups in total. The number of nitrogens with zero attached hydrogens (tertiary/aromatic N) is 2. The average Bonchev–Trinajstić information content (AvgIpc) is 2.98. The molecule has 2 unspecified atom stereocenters. The smallest absolute Gasteiger partial charge is 0.267 e. The molecular weight excluding hydrogens is 384 g/mol. The largest absolute Gasteiger partial charge is 0.390 e. The molecule has 0 aliphatic carbocycles. The third kappa shape index (κ3) is 8.91. The van der Waals surface area contributed by atoms with Crippen molar-refractivity contribution in [1.82, 2.24) is 0 Å². The zero-order valence-corrected chi connectivity index (χ0v) is 17.6. The summed E-state index contributed by atoms with van der Waals surface area (Å²) in [7, 11) is -4.33. The Hall–Kier alpha value is -1.13. The first kappa shape index (κ1) is 24.9. The van der Waals surface area contributed by atoms with Crippen LogP contribution in [0.5, 0.6) is 0 Å². The van der Waals surface area contributed by atoms with Crippen molar-refractivity contribution in [3.8, 4) is 0 Å². The highest BCUT2D eigenvalue weighted by atomic mass is 32.2. The fourth-order valence-corrected chi connectivity index (χ4v) is 4.19. The molecule has 0 radical (unpaired) electrons. The summed E-state index contributed by atoms with van der Waals surface area (Å²) >= 11 is 0. The lowest BCUT2D eigenvalue weighted by Crippen LogP contribution is -2.59. The van der Waals surface area contributed by atoms with Crippen LogP contribution in [0.2, 0.25) is 0 Å². The molecule has 0 aromatic carbocycles. The van der Waals surface area contributed by atoms with Gasteiger partial charge in [-0.1, -0.05) is 44.8 Å². The lowest BCUT2D eigenvalue weighted by atomic mass is 10.1. The van der Waals surface area contributed by atoms with Crippen LogP contribution in [0, 0.1) is 0 Å². The Labute approximate surface area is 168 Å². The summed E-state index contributed by atoms with van der Waals surface area (Å²) in [5.41, 5.74) is 0. The van der Waals surface area contributed by atoms with E-state index in [2.05, 4.69) is 11.9 Å². The van der Waals surface area contributed by atoms with Gasteiger partial charge in [-0.3, -0.25) is 13.8 Å². The fraction of sp³-hybridized carbons (Fsp3) is 0.789. The van der Waals surface area contributed by atoms with E-state index in [1.54, 1.807) is 0 Å². The van der Waals surface area contributed by atoms with Gasteiger partial charge in [-0.25, -0.2) is 4.99 Å². The van der Waals surface area contributed by atoms with Gasteiger partial charge in [-0.15, -0.1) is 0 Å². The minimum Gasteiger partial charge on any atom is -0.390 e. The number of ketones is 1. The molecule has 8 nitrogen and oxygen atoms in total. The van der Waals surface area contributed by atoms with E-state index in [1.807, 2.05) is 12.2 Å². The van der Waals surface area contributed by atoms with E-state index >= 15 is 0 Å². The van der Waals surface area contributed by atoms with Crippen molar-refractivity contribution in [2.24, 2.45) is 4.99 Å². The number of aliphatic imine (C=N–C) groups is 1. The number of hydrogen-bond acceptors (Lipinski definition) is 6. The summed E-state index contributed by atoms with van der Waals surface area (Å²) in [6.45, 7) is 2.80. The van der Waals surface area contributed by atoms with Gasteiger partial charge in [-0.2, -0.15) is 8.42 Å². The highest BCUT2D eigenvalue weighted by Gasteiger charge is 2.43. The van der Waals surface area contributed by atoms with Crippen molar-refractivity contribution < 1.29 is 32.5 Å². The Morgan fingerprint density at radius 2 is 1.96 bits per heavy atom. The third-order valence-corrected chi connectivity index (χ3v) is 5.73. The Kier molecular flexibility index (Phi) is 11.1. The van der Waals surface area contributed by atoms with Gasteiger partial charge in [0.25, 0.3) is 16.0 Å². The number of Topliss-reactive ketones (excluding diaryl/α,β-unsaturated/α-hetero) is 1. The van der Waals surface area contributed by atoms with Crippen LogP contribution in [-0.2, 0) is 14.9 Å². The number of carbonyl (C=O) groups is 1. The van der Waals surface area contributed by atoms with Crippen LogP contribution in [0.4, 0.5) is 0 Å². The molecular formula is C19H35N2O6S+. The molecule has 1 aliphatic heterocycles. The Bertz CT molecular complexity index is 647. The summed E-state index contributed by atoms with van der Waals surface area (Å²) in [6.07, 6.45) is 9.54. The molecule has 162 valence electrons. The van der Waals surface area contributed by atoms with Gasteiger partial charge in [0.05, 0.1) is 13.2 Å². The zero-order chi connectivity index (χ0) is 21.0.